The zero-order valence-electron chi connectivity index (χ0n) is 12.4. The van der Waals surface area contributed by atoms with E-state index in [1.165, 1.54) is 6.42 Å². The zero-order chi connectivity index (χ0) is 8.24. The predicted octanol–water partition coefficient (Wildman–Crippen LogP) is 4.19. The first-order chi connectivity index (χ1) is 4.91. The number of hydrogen-bond acceptors (Lipinski definition) is 1. The van der Waals surface area contributed by atoms with E-state index < -0.39 is 0 Å². The quantitative estimate of drug-likeness (QED) is 0.378. The van der Waals surface area contributed by atoms with Crippen molar-refractivity contribution in [2.75, 3.05) is 0 Å². The summed E-state index contributed by atoms with van der Waals surface area (Å²) in [6, 6.07) is 4.04. The third-order valence-electron chi connectivity index (χ3n) is 0.425. The van der Waals surface area contributed by atoms with Crippen LogP contribution in [-0.2, 0) is 0 Å². The molecule has 1 aromatic heterocycles. The first-order valence-electron chi connectivity index (χ1n) is 3.89. The van der Waals surface area contributed by atoms with Gasteiger partial charge in [0, 0.05) is 528 Å². The Morgan fingerprint density at radius 2 is 0.583 bits per heavy atom. The van der Waals surface area contributed by atoms with Gasteiger partial charge in [0.25, 0.3) is 0 Å². The number of hydrogen-bond donors (Lipinski definition) is 0. The zero-order valence-corrected chi connectivity index (χ0v) is 23.1. The molecule has 0 bridgehead atoms. The Labute approximate surface area is 575 Å². The Bertz CT molecular complexity index is 95.1. The maximum atomic E-state index is 2.12. The molecule has 0 nitrogen and oxygen atoms in total. The van der Waals surface area contributed by atoms with Crippen LogP contribution in [0.2, 0.25) is 0 Å². The molecule has 15 heteroatoms. The Balaban J connectivity index is -0.00000000231. The molecule has 0 aromatic carbocycles. The first-order valence-corrected chi connectivity index (χ1v) is 4.83. The van der Waals surface area contributed by atoms with E-state index in [-0.39, 0.29) is 528 Å². The van der Waals surface area contributed by atoms with Crippen molar-refractivity contribution in [1.29, 1.82) is 0 Å². The predicted molar refractivity (Wildman–Crippen MR) is 51.6 cm³/mol. The Kier molecular flexibility index (Phi) is 500. The van der Waals surface area contributed by atoms with Crippen LogP contribution in [0, 0.1) is 528 Å². The maximum Gasteiger partial charge on any atom is 0 e. The van der Waals surface area contributed by atoms with E-state index in [0.717, 1.165) is 0 Å². The van der Waals surface area contributed by atoms with Crippen LogP contribution in [0.1, 0.15) is 34.1 Å². The van der Waals surface area contributed by atoms with Gasteiger partial charge in [0.1, 0.15) is 0 Å². The van der Waals surface area contributed by atoms with Crippen LogP contribution >= 0.6 is 11.3 Å². The van der Waals surface area contributed by atoms with Crippen molar-refractivity contribution in [3.05, 3.63) is 22.9 Å². The van der Waals surface area contributed by atoms with Gasteiger partial charge in [-0.05, 0) is 10.8 Å². The van der Waals surface area contributed by atoms with Gasteiger partial charge in [-0.3, -0.25) is 0 Å². The monoisotopic (exact) mass is 718 g/mol. The standard InChI is InChI=1S/C4H4S.C3H8.C2H6.14Ar/c1-2-4-5-3-1;1-3-2;1-2;;;;;;;;;;;;;;/h1-4H;3H2,1-2H3;1-2H3;;;;;;;;;;;;;;. The molecule has 0 amide bonds. The normalized spacial score (nSPS) is 2.67. The van der Waals surface area contributed by atoms with Gasteiger partial charge in [0.15, 0.2) is 0 Å². The number of thiophene rings is 1. The molecule has 0 saturated carbocycles. The second-order valence-corrected chi connectivity index (χ2v) is 2.32. The molecular formula is C9H18Ar14S. The van der Waals surface area contributed by atoms with Crippen LogP contribution in [0.5, 0.6) is 0 Å². The van der Waals surface area contributed by atoms with E-state index in [2.05, 4.69) is 13.8 Å². The Hall–Kier alpha value is 17.3. The average Bonchev–Trinajstić information content (AvgIpc) is 2.48. The van der Waals surface area contributed by atoms with Gasteiger partial charge in [-0.2, -0.15) is 11.3 Å². The summed E-state index contributed by atoms with van der Waals surface area (Å²) in [5.74, 6) is 0. The fraction of sp³-hybridized carbons (Fsp3) is 0.556. The summed E-state index contributed by atoms with van der Waals surface area (Å²) in [4.78, 5) is 0. The summed E-state index contributed by atoms with van der Waals surface area (Å²) < 4.78 is 0. The minimum absolute atomic E-state index is 0. The molecule has 0 unspecified atom stereocenters. The summed E-state index contributed by atoms with van der Waals surface area (Å²) in [5, 5.41) is 4.08. The molecule has 1 rings (SSSR count). The largest absolute Gasteiger partial charge is 0.152 e. The summed E-state index contributed by atoms with van der Waals surface area (Å²) in [6.45, 7) is 8.25. The van der Waals surface area contributed by atoms with Crippen LogP contribution in [0.25, 0.3) is 0 Å². The summed E-state index contributed by atoms with van der Waals surface area (Å²) in [5.41, 5.74) is 0. The van der Waals surface area contributed by atoms with Gasteiger partial charge in [0.05, 0.1) is 0 Å². The summed E-state index contributed by atoms with van der Waals surface area (Å²) in [6.07, 6.45) is 1.25. The summed E-state index contributed by atoms with van der Waals surface area (Å²) >= 11 is 1.71. The molecule has 24 heavy (non-hydrogen) atoms. The minimum atomic E-state index is 0. The molecule has 172 valence electrons. The van der Waals surface area contributed by atoms with Crippen LogP contribution in [0.15, 0.2) is 22.9 Å². The van der Waals surface area contributed by atoms with Crippen molar-refractivity contribution >= 4 is 11.3 Å². The van der Waals surface area contributed by atoms with E-state index in [1.54, 1.807) is 11.3 Å². The van der Waals surface area contributed by atoms with Crippen LogP contribution in [0.4, 0.5) is 0 Å². The molecule has 0 aliphatic rings. The van der Waals surface area contributed by atoms with Crippen molar-refractivity contribution in [1.82, 2.24) is 0 Å². The van der Waals surface area contributed by atoms with Gasteiger partial charge in [-0.1, -0.05) is 46.2 Å². The smallest absolute Gasteiger partial charge is 0 e. The maximum absolute atomic E-state index is 2.12. The molecule has 0 aliphatic heterocycles. The van der Waals surface area contributed by atoms with Crippen LogP contribution in [-0.4, -0.2) is 0 Å². The molecule has 1 heterocycles. The topological polar surface area (TPSA) is 0 Å². The molecule has 0 atom stereocenters. The Morgan fingerprint density at radius 1 is 0.458 bits per heavy atom. The van der Waals surface area contributed by atoms with Crippen molar-refractivity contribution in [2.24, 2.45) is 0 Å². The van der Waals surface area contributed by atoms with Crippen molar-refractivity contribution in [3.63, 3.8) is 0 Å². The molecular weight excluding hydrogens is 699 g/mol. The van der Waals surface area contributed by atoms with E-state index in [4.69, 9.17) is 0 Å². The minimum Gasteiger partial charge on any atom is -0.152 e. The third kappa shape index (κ3) is 116. The molecule has 0 fully saturated rings. The van der Waals surface area contributed by atoms with Crippen molar-refractivity contribution in [2.45, 2.75) is 34.1 Å². The number of rotatable bonds is 0. The fourth-order valence-corrected chi connectivity index (χ4v) is 0.680. The second-order valence-electron chi connectivity index (χ2n) is 1.50. The van der Waals surface area contributed by atoms with E-state index in [9.17, 15) is 0 Å². The molecule has 1 aromatic rings. The Morgan fingerprint density at radius 3 is 0.625 bits per heavy atom. The second kappa shape index (κ2) is 115. The fourth-order valence-electron chi connectivity index (χ4n) is 0.227. The first kappa shape index (κ1) is 105. The molecule has 0 saturated heterocycles. The average molecular weight is 718 g/mol. The van der Waals surface area contributed by atoms with Gasteiger partial charge in [-0.15, -0.1) is 0 Å². The third-order valence-corrected chi connectivity index (χ3v) is 1.05. The van der Waals surface area contributed by atoms with Gasteiger partial charge in [-0.25, -0.2) is 0 Å². The van der Waals surface area contributed by atoms with Gasteiger partial charge >= 0.3 is 0 Å². The molecule has 0 spiro atoms. The van der Waals surface area contributed by atoms with Crippen molar-refractivity contribution < 1.29 is 528 Å². The molecule has 0 N–H and O–H groups in total. The summed E-state index contributed by atoms with van der Waals surface area (Å²) in [7, 11) is 0. The molecule has 0 radical (unpaired) electrons. The SMILES string of the molecule is CC.CCC.[Ar].[Ar].[Ar].[Ar].[Ar].[Ar].[Ar].[Ar].[Ar].[Ar].[Ar].[Ar].[Ar].[Ar].c1ccsc1. The van der Waals surface area contributed by atoms with E-state index in [0.29, 0.717) is 0 Å². The van der Waals surface area contributed by atoms with Crippen LogP contribution in [0.3, 0.4) is 0 Å². The van der Waals surface area contributed by atoms with Gasteiger partial charge < -0.3 is 0 Å². The molecule has 0 aliphatic carbocycles. The van der Waals surface area contributed by atoms with Crippen molar-refractivity contribution in [3.8, 4) is 0 Å². The van der Waals surface area contributed by atoms with Gasteiger partial charge in [0.2, 0.25) is 0 Å². The van der Waals surface area contributed by atoms with Crippen LogP contribution < -0.4 is 0 Å². The van der Waals surface area contributed by atoms with E-state index >= 15 is 0 Å². The van der Waals surface area contributed by atoms with E-state index in [1.807, 2.05) is 36.7 Å².